The molecule has 1 aromatic carbocycles. The van der Waals surface area contributed by atoms with Gasteiger partial charge in [-0.3, -0.25) is 4.79 Å². The van der Waals surface area contributed by atoms with Crippen molar-refractivity contribution in [1.29, 1.82) is 0 Å². The van der Waals surface area contributed by atoms with Gasteiger partial charge in [0.05, 0.1) is 29.6 Å². The first kappa shape index (κ1) is 20.9. The van der Waals surface area contributed by atoms with Crippen molar-refractivity contribution < 1.29 is 19.0 Å². The molecule has 2 aliphatic rings. The second-order valence-electron chi connectivity index (χ2n) is 6.85. The van der Waals surface area contributed by atoms with Crippen LogP contribution in [0.4, 0.5) is 10.1 Å². The number of H-pyrrole nitrogens is 1. The number of nitrogens with one attached hydrogen (secondary N) is 3. The number of carbonyl (C=O) groups excluding carboxylic acids is 1. The fourth-order valence-corrected chi connectivity index (χ4v) is 3.47. The van der Waals surface area contributed by atoms with E-state index < -0.39 is 11.4 Å². The van der Waals surface area contributed by atoms with Gasteiger partial charge in [0, 0.05) is 11.8 Å². The number of piperidine rings is 1. The van der Waals surface area contributed by atoms with Gasteiger partial charge in [0.25, 0.3) is 5.91 Å². The molecule has 0 aliphatic carbocycles. The van der Waals surface area contributed by atoms with Crippen LogP contribution in [0.15, 0.2) is 24.4 Å². The summed E-state index contributed by atoms with van der Waals surface area (Å²) in [6.45, 7) is 1.30. The molecular formula is C21H21ClFN3O3. The summed E-state index contributed by atoms with van der Waals surface area (Å²) in [5.74, 6) is 5.32. The smallest absolute Gasteiger partial charge is 0.256 e. The maximum Gasteiger partial charge on any atom is 0.256 e. The largest absolute Gasteiger partial charge is 0.495 e. The topological polar surface area (TPSA) is 86.4 Å². The maximum atomic E-state index is 14.7. The molecule has 1 amide bonds. The van der Waals surface area contributed by atoms with E-state index in [1.165, 1.54) is 19.2 Å². The summed E-state index contributed by atoms with van der Waals surface area (Å²) >= 11 is 0. The molecule has 3 heterocycles. The Morgan fingerprint density at radius 3 is 2.76 bits per heavy atom. The summed E-state index contributed by atoms with van der Waals surface area (Å²) in [7, 11) is 1.53. The SMILES string of the molecule is COc1cc[nH]c1/C=C1\C(=O)Nc2ccc(F)c(C#CC3(O)CCNCC3)c21.Cl. The van der Waals surface area contributed by atoms with Gasteiger partial charge >= 0.3 is 0 Å². The van der Waals surface area contributed by atoms with Gasteiger partial charge in [-0.1, -0.05) is 11.8 Å². The normalized spacial score (nSPS) is 18.3. The summed E-state index contributed by atoms with van der Waals surface area (Å²) in [6.07, 6.45) is 4.24. The molecule has 8 heteroatoms. The van der Waals surface area contributed by atoms with Crippen LogP contribution in [-0.2, 0) is 4.79 Å². The van der Waals surface area contributed by atoms with Crippen molar-refractivity contribution in [1.82, 2.24) is 10.3 Å². The zero-order chi connectivity index (χ0) is 19.7. The van der Waals surface area contributed by atoms with Crippen LogP contribution in [0.25, 0.3) is 11.6 Å². The summed E-state index contributed by atoms with van der Waals surface area (Å²) in [5, 5.41) is 16.5. The Morgan fingerprint density at radius 1 is 1.28 bits per heavy atom. The quantitative estimate of drug-likeness (QED) is 0.447. The molecule has 0 atom stereocenters. The Labute approximate surface area is 173 Å². The molecule has 2 aliphatic heterocycles. The number of ether oxygens (including phenoxy) is 1. The van der Waals surface area contributed by atoms with Crippen LogP contribution in [-0.4, -0.2) is 41.8 Å². The molecule has 1 fully saturated rings. The van der Waals surface area contributed by atoms with Crippen LogP contribution in [0.5, 0.6) is 5.75 Å². The third kappa shape index (κ3) is 4.01. The van der Waals surface area contributed by atoms with E-state index in [-0.39, 0.29) is 29.5 Å². The molecule has 0 radical (unpaired) electrons. The third-order valence-corrected chi connectivity index (χ3v) is 5.02. The number of rotatable bonds is 2. The number of aliphatic hydroxyl groups is 1. The Morgan fingerprint density at radius 2 is 2.03 bits per heavy atom. The maximum absolute atomic E-state index is 14.7. The van der Waals surface area contributed by atoms with Crippen LogP contribution in [0, 0.1) is 17.7 Å². The van der Waals surface area contributed by atoms with Gasteiger partial charge in [-0.2, -0.15) is 0 Å². The number of anilines is 1. The van der Waals surface area contributed by atoms with E-state index in [0.29, 0.717) is 48.6 Å². The minimum absolute atomic E-state index is 0. The third-order valence-electron chi connectivity index (χ3n) is 5.02. The first-order chi connectivity index (χ1) is 13.5. The number of halogens is 2. The number of hydrogen-bond donors (Lipinski definition) is 4. The molecule has 0 saturated carbocycles. The van der Waals surface area contributed by atoms with Crippen LogP contribution < -0.4 is 15.4 Å². The molecule has 6 nitrogen and oxygen atoms in total. The average Bonchev–Trinajstić information content (AvgIpc) is 3.26. The lowest BCUT2D eigenvalue weighted by molar-refractivity contribution is -0.110. The first-order valence-electron chi connectivity index (χ1n) is 9.04. The minimum Gasteiger partial charge on any atom is -0.495 e. The van der Waals surface area contributed by atoms with Gasteiger partial charge in [-0.15, -0.1) is 12.4 Å². The first-order valence-corrected chi connectivity index (χ1v) is 9.04. The molecule has 29 heavy (non-hydrogen) atoms. The lowest BCUT2D eigenvalue weighted by Crippen LogP contribution is -2.40. The number of aromatic amines is 1. The van der Waals surface area contributed by atoms with Crippen molar-refractivity contribution in [2.45, 2.75) is 18.4 Å². The second-order valence-corrected chi connectivity index (χ2v) is 6.85. The summed E-state index contributed by atoms with van der Waals surface area (Å²) < 4.78 is 19.9. The minimum atomic E-state index is -1.16. The van der Waals surface area contributed by atoms with Crippen LogP contribution >= 0.6 is 12.4 Å². The van der Waals surface area contributed by atoms with E-state index in [2.05, 4.69) is 27.5 Å². The number of benzene rings is 1. The van der Waals surface area contributed by atoms with E-state index in [1.807, 2.05) is 0 Å². The van der Waals surface area contributed by atoms with Gasteiger partial charge < -0.3 is 25.5 Å². The zero-order valence-electron chi connectivity index (χ0n) is 15.8. The molecule has 1 aromatic heterocycles. The second kappa shape index (κ2) is 8.29. The fraction of sp³-hybridized carbons (Fsp3) is 0.286. The van der Waals surface area contributed by atoms with E-state index in [1.54, 1.807) is 18.3 Å². The van der Waals surface area contributed by atoms with E-state index in [9.17, 15) is 14.3 Å². The van der Waals surface area contributed by atoms with Gasteiger partial charge in [0.15, 0.2) is 0 Å². The highest BCUT2D eigenvalue weighted by Gasteiger charge is 2.30. The molecular weight excluding hydrogens is 397 g/mol. The Balaban J connectivity index is 0.00000240. The summed E-state index contributed by atoms with van der Waals surface area (Å²) in [5.41, 5.74) is 0.705. The fourth-order valence-electron chi connectivity index (χ4n) is 3.47. The molecule has 2 aromatic rings. The van der Waals surface area contributed by atoms with Gasteiger partial charge in [-0.05, 0) is 50.2 Å². The summed E-state index contributed by atoms with van der Waals surface area (Å²) in [6, 6.07) is 4.52. The summed E-state index contributed by atoms with van der Waals surface area (Å²) in [4.78, 5) is 15.5. The Kier molecular flexibility index (Phi) is 5.99. The van der Waals surface area contributed by atoms with E-state index in [0.717, 1.165) is 0 Å². The molecule has 4 rings (SSSR count). The predicted octanol–water partition coefficient (Wildman–Crippen LogP) is 2.54. The lowest BCUT2D eigenvalue weighted by Gasteiger charge is -2.27. The monoisotopic (exact) mass is 417 g/mol. The van der Waals surface area contributed by atoms with Crippen molar-refractivity contribution in [3.05, 3.63) is 47.0 Å². The Bertz CT molecular complexity index is 1030. The number of carbonyl (C=O) groups is 1. The molecule has 0 bridgehead atoms. The highest BCUT2D eigenvalue weighted by molar-refractivity contribution is 6.35. The molecule has 152 valence electrons. The zero-order valence-corrected chi connectivity index (χ0v) is 16.6. The van der Waals surface area contributed by atoms with Crippen LogP contribution in [0.3, 0.4) is 0 Å². The van der Waals surface area contributed by atoms with Crippen molar-refractivity contribution >= 4 is 35.7 Å². The number of amides is 1. The number of methoxy groups -OCH3 is 1. The Hall–Kier alpha value is -2.79. The number of hydrogen-bond acceptors (Lipinski definition) is 4. The number of aromatic nitrogens is 1. The van der Waals surface area contributed by atoms with E-state index in [4.69, 9.17) is 4.74 Å². The molecule has 0 unspecified atom stereocenters. The molecule has 4 N–H and O–H groups in total. The van der Waals surface area contributed by atoms with Crippen molar-refractivity contribution in [2.75, 3.05) is 25.5 Å². The number of fused-ring (bicyclic) bond motifs is 1. The van der Waals surface area contributed by atoms with Crippen LogP contribution in [0.1, 0.15) is 29.7 Å². The standard InChI is InChI=1S/C21H20FN3O3.ClH/c1-28-18-5-9-24-17(18)12-14-19-13(4-6-21(27)7-10-23-11-8-21)15(22)2-3-16(19)25-20(14)26;/h2-3,5,9,12,23-24,27H,7-8,10-11H2,1H3,(H,25,26);1H/b14-12-;. The van der Waals surface area contributed by atoms with Gasteiger partial charge in [0.1, 0.15) is 17.2 Å². The molecule has 0 spiro atoms. The lowest BCUT2D eigenvalue weighted by atomic mass is 9.92. The van der Waals surface area contributed by atoms with Crippen LogP contribution in [0.2, 0.25) is 0 Å². The van der Waals surface area contributed by atoms with Gasteiger partial charge in [0.2, 0.25) is 0 Å². The van der Waals surface area contributed by atoms with Crippen molar-refractivity contribution in [3.63, 3.8) is 0 Å². The van der Waals surface area contributed by atoms with Crippen molar-refractivity contribution in [2.24, 2.45) is 0 Å². The predicted molar refractivity (Wildman–Crippen MR) is 111 cm³/mol. The molecule has 1 saturated heterocycles. The van der Waals surface area contributed by atoms with Gasteiger partial charge in [-0.25, -0.2) is 4.39 Å². The average molecular weight is 418 g/mol. The van der Waals surface area contributed by atoms with E-state index >= 15 is 0 Å². The van der Waals surface area contributed by atoms with Crippen molar-refractivity contribution in [3.8, 4) is 17.6 Å². The highest BCUT2D eigenvalue weighted by atomic mass is 35.5. The highest BCUT2D eigenvalue weighted by Crippen LogP contribution is 2.37.